The number of oxime groups is 1. The van der Waals surface area contributed by atoms with Gasteiger partial charge in [-0.05, 0) is 25.7 Å². The first-order valence-corrected chi connectivity index (χ1v) is 7.63. The summed E-state index contributed by atoms with van der Waals surface area (Å²) in [6.07, 6.45) is 3.63. The topological polar surface area (TPSA) is 66.0 Å². The van der Waals surface area contributed by atoms with E-state index in [-0.39, 0.29) is 11.9 Å². The molecule has 2 heterocycles. The monoisotopic (exact) mass is 304 g/mol. The summed E-state index contributed by atoms with van der Waals surface area (Å²) in [6.45, 7) is 2.67. The van der Waals surface area contributed by atoms with Crippen LogP contribution in [-0.4, -0.2) is 48.0 Å². The van der Waals surface area contributed by atoms with Crippen LogP contribution in [0.25, 0.3) is 0 Å². The van der Waals surface area contributed by atoms with Crippen molar-refractivity contribution in [3.8, 4) is 0 Å². The molecule has 0 aliphatic carbocycles. The van der Waals surface area contributed by atoms with Gasteiger partial charge in [-0.1, -0.05) is 14.5 Å². The van der Waals surface area contributed by atoms with Gasteiger partial charge in [0.15, 0.2) is 0 Å². The molecule has 0 saturated carbocycles. The highest BCUT2D eigenvalue weighted by molar-refractivity contribution is 7.13. The van der Waals surface area contributed by atoms with Crippen molar-refractivity contribution in [3.05, 3.63) is 0 Å². The number of hydrogen-bond donors (Lipinski definition) is 2. The van der Waals surface area contributed by atoms with E-state index in [0.717, 1.165) is 44.5 Å². The Bertz CT molecular complexity index is 336. The Balaban J connectivity index is 1.74. The lowest BCUT2D eigenvalue weighted by molar-refractivity contribution is -0.124. The van der Waals surface area contributed by atoms with Gasteiger partial charge < -0.3 is 15.3 Å². The molecule has 0 radical (unpaired) electrons. The Labute approximate surface area is 118 Å². The quantitative estimate of drug-likeness (QED) is 0.580. The molecule has 0 aromatic rings. The Kier molecular flexibility index (Phi) is 5.96. The molecule has 2 aliphatic rings. The van der Waals surface area contributed by atoms with Gasteiger partial charge in [-0.15, -0.1) is 0 Å². The molecular formula is C11H22N4O2P2. The Morgan fingerprint density at radius 1 is 1.42 bits per heavy atom. The maximum absolute atomic E-state index is 12.1. The van der Waals surface area contributed by atoms with Crippen LogP contribution >= 0.6 is 18.9 Å². The molecule has 6 nitrogen and oxygen atoms in total. The van der Waals surface area contributed by atoms with E-state index in [2.05, 4.69) is 43.9 Å². The standard InChI is InChI=1S/C11H22N4O2P2/c16-11(13-8-3-5-15(18)6-4-8)10-2-1-9(7-12-10)14-17-19/h8,10,12H,1-7,18-19H2,(H,13,16)/b14-9-/t10-/m0/s1. The summed E-state index contributed by atoms with van der Waals surface area (Å²) in [7, 11) is 4.82. The van der Waals surface area contributed by atoms with E-state index in [9.17, 15) is 4.79 Å². The molecule has 0 spiro atoms. The first-order chi connectivity index (χ1) is 9.19. The largest absolute Gasteiger partial charge is 0.384 e. The highest BCUT2D eigenvalue weighted by Gasteiger charge is 2.26. The number of piperidine rings is 2. The van der Waals surface area contributed by atoms with E-state index in [1.54, 1.807) is 0 Å². The zero-order valence-electron chi connectivity index (χ0n) is 11.0. The summed E-state index contributed by atoms with van der Waals surface area (Å²) in [5, 5.41) is 10.2. The molecule has 19 heavy (non-hydrogen) atoms. The van der Waals surface area contributed by atoms with Crippen molar-refractivity contribution in [3.63, 3.8) is 0 Å². The average molecular weight is 304 g/mol. The first-order valence-electron chi connectivity index (χ1n) is 6.64. The molecule has 3 atom stereocenters. The molecule has 2 N–H and O–H groups in total. The van der Waals surface area contributed by atoms with Crippen LogP contribution in [0.15, 0.2) is 5.16 Å². The van der Waals surface area contributed by atoms with E-state index < -0.39 is 0 Å². The lowest BCUT2D eigenvalue weighted by atomic mass is 10.0. The second kappa shape index (κ2) is 7.49. The molecule has 8 heteroatoms. The Hall–Kier alpha value is -0.280. The van der Waals surface area contributed by atoms with Crippen LogP contribution in [0.4, 0.5) is 0 Å². The minimum absolute atomic E-state index is 0.0995. The molecule has 2 saturated heterocycles. The Morgan fingerprint density at radius 2 is 2.16 bits per heavy atom. The minimum Gasteiger partial charge on any atom is -0.384 e. The van der Waals surface area contributed by atoms with Crippen LogP contribution in [0.2, 0.25) is 0 Å². The lowest BCUT2D eigenvalue weighted by Crippen LogP contribution is -2.52. The fourth-order valence-electron chi connectivity index (χ4n) is 2.46. The maximum atomic E-state index is 12.1. The smallest absolute Gasteiger partial charge is 0.237 e. The van der Waals surface area contributed by atoms with Crippen LogP contribution in [0, 0.1) is 0 Å². The van der Waals surface area contributed by atoms with E-state index in [4.69, 9.17) is 0 Å². The van der Waals surface area contributed by atoms with Gasteiger partial charge in [0.25, 0.3) is 0 Å². The van der Waals surface area contributed by atoms with Gasteiger partial charge in [0.2, 0.25) is 5.91 Å². The second-order valence-corrected chi connectivity index (χ2v) is 6.00. The first kappa shape index (κ1) is 15.1. The third-order valence-electron chi connectivity index (χ3n) is 3.65. The SMILES string of the molecule is O=C(NC1CCN(P)CC1)[C@@H]1CC/C(=N/OP)CN1. The predicted octanol–water partition coefficient (Wildman–Crippen LogP) is 0.272. The molecule has 0 aromatic carbocycles. The van der Waals surface area contributed by atoms with Crippen LogP contribution in [0.5, 0.6) is 0 Å². The van der Waals surface area contributed by atoms with Gasteiger partial charge in [-0.25, -0.2) is 0 Å². The fourth-order valence-corrected chi connectivity index (χ4v) is 2.91. The van der Waals surface area contributed by atoms with E-state index in [0.29, 0.717) is 12.6 Å². The summed E-state index contributed by atoms with van der Waals surface area (Å²) < 4.78 is 6.88. The van der Waals surface area contributed by atoms with Crippen LogP contribution in [0.3, 0.4) is 0 Å². The number of carbonyl (C=O) groups is 1. The number of nitrogens with zero attached hydrogens (tertiary/aromatic N) is 2. The van der Waals surface area contributed by atoms with Crippen LogP contribution in [0.1, 0.15) is 25.7 Å². The van der Waals surface area contributed by atoms with Crippen LogP contribution < -0.4 is 10.6 Å². The zero-order valence-corrected chi connectivity index (χ0v) is 13.3. The summed E-state index contributed by atoms with van der Waals surface area (Å²) in [5.41, 5.74) is 0.954. The predicted molar refractivity (Wildman–Crippen MR) is 81.7 cm³/mol. The molecule has 2 aliphatic heterocycles. The van der Waals surface area contributed by atoms with Crippen molar-refractivity contribution in [2.75, 3.05) is 19.6 Å². The van der Waals surface area contributed by atoms with Crippen molar-refractivity contribution in [1.82, 2.24) is 15.3 Å². The summed E-state index contributed by atoms with van der Waals surface area (Å²) in [5.74, 6) is 0.119. The highest BCUT2D eigenvalue weighted by Crippen LogP contribution is 2.14. The van der Waals surface area contributed by atoms with E-state index in [1.165, 1.54) is 0 Å². The molecule has 2 rings (SSSR count). The van der Waals surface area contributed by atoms with E-state index >= 15 is 0 Å². The van der Waals surface area contributed by atoms with Crippen molar-refractivity contribution < 1.29 is 9.42 Å². The van der Waals surface area contributed by atoms with Gasteiger partial charge in [-0.3, -0.25) is 9.46 Å². The van der Waals surface area contributed by atoms with Crippen molar-refractivity contribution >= 4 is 30.5 Å². The number of rotatable bonds is 3. The number of carbonyl (C=O) groups excluding carboxylic acids is 1. The third kappa shape index (κ3) is 4.64. The second-order valence-electron chi connectivity index (χ2n) is 5.05. The lowest BCUT2D eigenvalue weighted by Gasteiger charge is -2.31. The van der Waals surface area contributed by atoms with Gasteiger partial charge in [-0.2, -0.15) is 0 Å². The summed E-state index contributed by atoms with van der Waals surface area (Å²) >= 11 is 0. The fraction of sp³-hybridized carbons (Fsp3) is 0.818. The van der Waals surface area contributed by atoms with Crippen molar-refractivity contribution in [1.29, 1.82) is 0 Å². The van der Waals surface area contributed by atoms with Crippen molar-refractivity contribution in [2.45, 2.75) is 37.8 Å². The normalized spacial score (nSPS) is 28.3. The highest BCUT2D eigenvalue weighted by atomic mass is 31.0. The molecule has 108 valence electrons. The summed E-state index contributed by atoms with van der Waals surface area (Å²) in [6, 6.07) is 0.217. The van der Waals surface area contributed by atoms with Gasteiger partial charge in [0, 0.05) is 25.7 Å². The average Bonchev–Trinajstić information content (AvgIpc) is 2.42. The maximum Gasteiger partial charge on any atom is 0.237 e. The molecule has 2 fully saturated rings. The molecule has 2 unspecified atom stereocenters. The van der Waals surface area contributed by atoms with E-state index in [1.807, 2.05) is 0 Å². The number of hydrogen-bond acceptors (Lipinski definition) is 5. The van der Waals surface area contributed by atoms with Gasteiger partial charge in [0.1, 0.15) is 0 Å². The Morgan fingerprint density at radius 3 is 2.74 bits per heavy atom. The minimum atomic E-state index is -0.0995. The number of amides is 1. The molecule has 0 bridgehead atoms. The zero-order chi connectivity index (χ0) is 13.7. The number of nitrogens with one attached hydrogen (secondary N) is 2. The molecule has 1 amide bonds. The third-order valence-corrected chi connectivity index (χ3v) is 4.27. The van der Waals surface area contributed by atoms with Crippen LogP contribution in [-0.2, 0) is 9.42 Å². The van der Waals surface area contributed by atoms with Gasteiger partial charge in [0.05, 0.1) is 21.2 Å². The van der Waals surface area contributed by atoms with Gasteiger partial charge >= 0.3 is 0 Å². The molecule has 0 aromatic heterocycles. The summed E-state index contributed by atoms with van der Waals surface area (Å²) in [4.78, 5) is 12.1. The van der Waals surface area contributed by atoms with Crippen molar-refractivity contribution in [2.24, 2.45) is 5.16 Å². The molecular weight excluding hydrogens is 282 g/mol.